The molecule has 3 aromatic rings. The van der Waals surface area contributed by atoms with Crippen molar-refractivity contribution in [1.82, 2.24) is 20.1 Å². The van der Waals surface area contributed by atoms with Crippen LogP contribution in [0.15, 0.2) is 53.5 Å². The van der Waals surface area contributed by atoms with Crippen LogP contribution in [0, 0.1) is 14.8 Å². The minimum Gasteiger partial charge on any atom is -0.384 e. The number of H-pyrrole nitrogens is 1. The Labute approximate surface area is 187 Å². The number of rotatable bonds is 5. The van der Waals surface area contributed by atoms with Gasteiger partial charge in [-0.05, 0) is 58.5 Å². The maximum Gasteiger partial charge on any atom is 0.348 e. The maximum absolute atomic E-state index is 14.3. The van der Waals surface area contributed by atoms with Crippen molar-refractivity contribution in [3.63, 3.8) is 0 Å². The summed E-state index contributed by atoms with van der Waals surface area (Å²) in [7, 11) is 0. The van der Waals surface area contributed by atoms with Crippen molar-refractivity contribution < 1.29 is 4.39 Å². The zero-order valence-corrected chi connectivity index (χ0v) is 19.2. The fraction of sp³-hybridized carbons (Fsp3) is 0.238. The first-order valence-corrected chi connectivity index (χ1v) is 10.4. The third kappa shape index (κ3) is 4.90. The smallest absolute Gasteiger partial charge is 0.348 e. The lowest BCUT2D eigenvalue weighted by Crippen LogP contribution is -2.23. The average Bonchev–Trinajstić information content (AvgIpc) is 3.01. The van der Waals surface area contributed by atoms with Gasteiger partial charge in [0.05, 0.1) is 16.3 Å². The highest BCUT2D eigenvalue weighted by atomic mass is 127. The van der Waals surface area contributed by atoms with Crippen molar-refractivity contribution in [1.29, 1.82) is 0 Å². The molecule has 2 aromatic carbocycles. The summed E-state index contributed by atoms with van der Waals surface area (Å²) in [4.78, 5) is 15.1. The van der Waals surface area contributed by atoms with Crippen LogP contribution in [0.5, 0.6) is 0 Å². The number of aromatic amines is 1. The summed E-state index contributed by atoms with van der Waals surface area (Å²) in [5.41, 5.74) is 1.89. The van der Waals surface area contributed by atoms with Gasteiger partial charge in [-0.1, -0.05) is 45.0 Å². The molecule has 152 valence electrons. The zero-order chi connectivity index (χ0) is 21.3. The molecule has 0 aliphatic heterocycles. The fourth-order valence-corrected chi connectivity index (χ4v) is 3.25. The van der Waals surface area contributed by atoms with Crippen LogP contribution < -0.4 is 11.0 Å². The van der Waals surface area contributed by atoms with Crippen molar-refractivity contribution in [3.05, 3.63) is 79.1 Å². The zero-order valence-electron chi connectivity index (χ0n) is 16.3. The van der Waals surface area contributed by atoms with Gasteiger partial charge < -0.3 is 5.32 Å². The topological polar surface area (TPSA) is 62.7 Å². The lowest BCUT2D eigenvalue weighted by atomic mass is 9.93. The van der Waals surface area contributed by atoms with E-state index >= 15 is 0 Å². The molecule has 8 heteroatoms. The Hall–Kier alpha value is -2.13. The number of nitrogens with one attached hydrogen (secondary N) is 2. The molecule has 29 heavy (non-hydrogen) atoms. The molecule has 0 bridgehead atoms. The van der Waals surface area contributed by atoms with Gasteiger partial charge in [-0.3, -0.25) is 4.98 Å². The highest BCUT2D eigenvalue weighted by Gasteiger charge is 2.17. The number of benzene rings is 2. The quantitative estimate of drug-likeness (QED) is 0.445. The summed E-state index contributed by atoms with van der Waals surface area (Å²) in [6.45, 7) is 10.8. The summed E-state index contributed by atoms with van der Waals surface area (Å²) < 4.78 is 16.2. The monoisotopic (exact) mass is 526 g/mol. The Bertz CT molecular complexity index is 1130. The summed E-state index contributed by atoms with van der Waals surface area (Å²) in [5, 5.41) is 7.92. The highest BCUT2D eigenvalue weighted by molar-refractivity contribution is 14.1. The Kier molecular flexibility index (Phi) is 6.19. The van der Waals surface area contributed by atoms with E-state index in [1.807, 2.05) is 28.7 Å². The predicted octanol–water partition coefficient (Wildman–Crippen LogP) is 5.27. The molecule has 1 heterocycles. The molecule has 0 aliphatic carbocycles. The van der Waals surface area contributed by atoms with Crippen LogP contribution in [0.1, 0.15) is 26.3 Å². The van der Waals surface area contributed by atoms with E-state index in [1.54, 1.807) is 24.3 Å². The second-order valence-corrected chi connectivity index (χ2v) is 9.34. The van der Waals surface area contributed by atoms with Crippen molar-refractivity contribution in [2.75, 3.05) is 0 Å². The van der Waals surface area contributed by atoms with Crippen LogP contribution in [-0.2, 0) is 6.54 Å². The lowest BCUT2D eigenvalue weighted by molar-refractivity contribution is 0.461. The second kappa shape index (κ2) is 8.31. The molecular formula is C21H21ClFIN4O. The molecule has 0 atom stereocenters. The van der Waals surface area contributed by atoms with Gasteiger partial charge in [0.15, 0.2) is 5.82 Å². The standard InChI is InChI=1S/C21H21ClFIN4O/c1-12(21(2,3)4)25-11-13-5-8-16(22)18(9-13)28-20(29)26-19(27-28)15-7-6-14(24)10-17(15)23/h5-10,25H,1,11H2,2-4H3,(H,26,27,29). The van der Waals surface area contributed by atoms with Gasteiger partial charge in [-0.15, -0.1) is 5.10 Å². The Morgan fingerprint density at radius 2 is 2.03 bits per heavy atom. The van der Waals surface area contributed by atoms with Crippen LogP contribution in [0.25, 0.3) is 17.1 Å². The second-order valence-electron chi connectivity index (χ2n) is 7.68. The number of allylic oxidation sites excluding steroid dienone is 1. The molecule has 1 aromatic heterocycles. The van der Waals surface area contributed by atoms with Crippen molar-refractivity contribution in [3.8, 4) is 17.1 Å². The van der Waals surface area contributed by atoms with Crippen molar-refractivity contribution in [2.45, 2.75) is 27.3 Å². The molecule has 0 aliphatic rings. The third-order valence-corrected chi connectivity index (χ3v) is 5.44. The minimum absolute atomic E-state index is 0.0686. The molecule has 0 spiro atoms. The predicted molar refractivity (Wildman–Crippen MR) is 123 cm³/mol. The Balaban J connectivity index is 1.94. The van der Waals surface area contributed by atoms with Gasteiger partial charge in [-0.25, -0.2) is 9.18 Å². The first kappa shape index (κ1) is 21.6. The minimum atomic E-state index is -0.496. The summed E-state index contributed by atoms with van der Waals surface area (Å²) in [6.07, 6.45) is 0. The molecule has 0 radical (unpaired) electrons. The van der Waals surface area contributed by atoms with E-state index in [1.165, 1.54) is 6.07 Å². The molecule has 5 nitrogen and oxygen atoms in total. The SMILES string of the molecule is C=C(NCc1ccc(Cl)c(-n2nc(-c3ccc(I)cc3F)[nH]c2=O)c1)C(C)(C)C. The average molecular weight is 527 g/mol. The number of halogens is 3. The summed E-state index contributed by atoms with van der Waals surface area (Å²) >= 11 is 8.34. The molecule has 3 rings (SSSR count). The van der Waals surface area contributed by atoms with Gasteiger partial charge in [0.25, 0.3) is 0 Å². The van der Waals surface area contributed by atoms with Crippen LogP contribution in [-0.4, -0.2) is 14.8 Å². The van der Waals surface area contributed by atoms with E-state index in [2.05, 4.69) is 42.7 Å². The summed E-state index contributed by atoms with van der Waals surface area (Å²) in [5.74, 6) is -0.313. The number of nitrogens with zero attached hydrogens (tertiary/aromatic N) is 2. The van der Waals surface area contributed by atoms with Gasteiger partial charge in [0, 0.05) is 21.2 Å². The van der Waals surface area contributed by atoms with E-state index in [0.29, 0.717) is 17.3 Å². The van der Waals surface area contributed by atoms with Crippen LogP contribution in [0.3, 0.4) is 0 Å². The van der Waals surface area contributed by atoms with Gasteiger partial charge in [0.2, 0.25) is 0 Å². The molecule has 0 saturated carbocycles. The van der Waals surface area contributed by atoms with Crippen LogP contribution in [0.4, 0.5) is 4.39 Å². The number of hydrogen-bond donors (Lipinski definition) is 2. The van der Waals surface area contributed by atoms with Gasteiger partial charge in [0.1, 0.15) is 5.82 Å². The lowest BCUT2D eigenvalue weighted by Gasteiger charge is -2.23. The third-order valence-electron chi connectivity index (χ3n) is 4.45. The fourth-order valence-electron chi connectivity index (χ4n) is 2.60. The molecule has 0 unspecified atom stereocenters. The van der Waals surface area contributed by atoms with Gasteiger partial charge >= 0.3 is 5.69 Å². The normalized spacial score (nSPS) is 11.5. The molecule has 0 fully saturated rings. The number of aromatic nitrogens is 3. The first-order chi connectivity index (χ1) is 13.6. The van der Waals surface area contributed by atoms with Crippen molar-refractivity contribution in [2.24, 2.45) is 5.41 Å². The number of hydrogen-bond acceptors (Lipinski definition) is 3. The molecule has 2 N–H and O–H groups in total. The van der Waals surface area contributed by atoms with E-state index in [4.69, 9.17) is 11.6 Å². The largest absolute Gasteiger partial charge is 0.384 e. The molecular weight excluding hydrogens is 506 g/mol. The maximum atomic E-state index is 14.3. The van der Waals surface area contributed by atoms with Gasteiger partial charge in [-0.2, -0.15) is 4.68 Å². The van der Waals surface area contributed by atoms with E-state index in [-0.39, 0.29) is 16.8 Å². The molecule has 0 amide bonds. The van der Waals surface area contributed by atoms with E-state index < -0.39 is 11.5 Å². The van der Waals surface area contributed by atoms with Crippen LogP contribution >= 0.6 is 34.2 Å². The van der Waals surface area contributed by atoms with Crippen LogP contribution in [0.2, 0.25) is 5.02 Å². The van der Waals surface area contributed by atoms with E-state index in [0.717, 1.165) is 19.5 Å². The Morgan fingerprint density at radius 1 is 1.31 bits per heavy atom. The van der Waals surface area contributed by atoms with Crippen molar-refractivity contribution >= 4 is 34.2 Å². The summed E-state index contributed by atoms with van der Waals surface area (Å²) in [6, 6.07) is 10.1. The molecule has 0 saturated heterocycles. The Morgan fingerprint density at radius 3 is 2.69 bits per heavy atom. The highest BCUT2D eigenvalue weighted by Crippen LogP contribution is 2.25. The first-order valence-electron chi connectivity index (χ1n) is 8.93. The van der Waals surface area contributed by atoms with E-state index in [9.17, 15) is 9.18 Å².